The average Bonchev–Trinajstić information content (AvgIpc) is 3.17. The van der Waals surface area contributed by atoms with E-state index in [0.717, 1.165) is 28.3 Å². The van der Waals surface area contributed by atoms with E-state index in [4.69, 9.17) is 9.47 Å². The van der Waals surface area contributed by atoms with Gasteiger partial charge in [0.25, 0.3) is 0 Å². The molecule has 0 atom stereocenters. The van der Waals surface area contributed by atoms with Crippen LogP contribution in [0.1, 0.15) is 16.7 Å². The maximum atomic E-state index is 12.2. The fraction of sp³-hybridized carbons (Fsp3) is 0.182. The van der Waals surface area contributed by atoms with Crippen LogP contribution in [0.5, 0.6) is 11.5 Å². The molecule has 2 N–H and O–H groups in total. The third-order valence-electron chi connectivity index (χ3n) is 4.45. The van der Waals surface area contributed by atoms with Crippen molar-refractivity contribution in [3.8, 4) is 11.5 Å². The van der Waals surface area contributed by atoms with Crippen molar-refractivity contribution >= 4 is 17.4 Å². The van der Waals surface area contributed by atoms with Gasteiger partial charge in [-0.3, -0.25) is 4.79 Å². The molecule has 0 aliphatic carbocycles. The molecule has 142 valence electrons. The number of rotatable bonds is 6. The van der Waals surface area contributed by atoms with E-state index in [1.807, 2.05) is 55.5 Å². The molecule has 3 aromatic rings. The zero-order valence-corrected chi connectivity index (χ0v) is 15.6. The van der Waals surface area contributed by atoms with Crippen LogP contribution in [0.2, 0.25) is 0 Å². The van der Waals surface area contributed by atoms with E-state index in [1.165, 1.54) is 5.56 Å². The molecule has 1 amide bonds. The Morgan fingerprint density at radius 3 is 2.57 bits per heavy atom. The third kappa shape index (κ3) is 4.40. The normalized spacial score (nSPS) is 11.9. The van der Waals surface area contributed by atoms with Gasteiger partial charge in [0.2, 0.25) is 12.7 Å². The zero-order chi connectivity index (χ0) is 19.3. The molecular weight excluding hydrogens is 354 g/mol. The minimum Gasteiger partial charge on any atom is -0.454 e. The number of carbonyl (C=O) groups excluding carboxylic acids is 1. The van der Waals surface area contributed by atoms with Crippen molar-refractivity contribution in [2.45, 2.75) is 19.9 Å². The predicted molar refractivity (Wildman–Crippen MR) is 108 cm³/mol. The highest BCUT2D eigenvalue weighted by Gasteiger charge is 2.13. The molecule has 4 rings (SSSR count). The molecular formula is C22H21N3O3. The van der Waals surface area contributed by atoms with Crippen LogP contribution >= 0.6 is 0 Å². The molecule has 2 heterocycles. The van der Waals surface area contributed by atoms with Crippen LogP contribution in [-0.4, -0.2) is 17.7 Å². The molecule has 6 nitrogen and oxygen atoms in total. The summed E-state index contributed by atoms with van der Waals surface area (Å²) in [6.07, 6.45) is 2.03. The summed E-state index contributed by atoms with van der Waals surface area (Å²) in [7, 11) is 0. The summed E-state index contributed by atoms with van der Waals surface area (Å²) in [5.74, 6) is 1.99. The van der Waals surface area contributed by atoms with Crippen molar-refractivity contribution in [2.75, 3.05) is 17.4 Å². The second kappa shape index (κ2) is 8.00. The van der Waals surface area contributed by atoms with Crippen LogP contribution in [0.15, 0.2) is 60.8 Å². The fourth-order valence-corrected chi connectivity index (χ4v) is 2.91. The van der Waals surface area contributed by atoms with E-state index >= 15 is 0 Å². The third-order valence-corrected chi connectivity index (χ3v) is 4.45. The van der Waals surface area contributed by atoms with Crippen molar-refractivity contribution in [3.63, 3.8) is 0 Å². The SMILES string of the molecule is Cc1ccc(CC(=O)Nc2ccc(NCc3ccc4c(c3)OCO4)cn2)cc1. The maximum absolute atomic E-state index is 12.2. The minimum atomic E-state index is -0.0857. The van der Waals surface area contributed by atoms with Gasteiger partial charge in [-0.25, -0.2) is 4.98 Å². The highest BCUT2D eigenvalue weighted by atomic mass is 16.7. The second-order valence-electron chi connectivity index (χ2n) is 6.68. The molecule has 0 saturated heterocycles. The number of pyridine rings is 1. The molecule has 6 heteroatoms. The highest BCUT2D eigenvalue weighted by Crippen LogP contribution is 2.32. The molecule has 1 aromatic heterocycles. The fourth-order valence-electron chi connectivity index (χ4n) is 2.91. The molecule has 0 fully saturated rings. The molecule has 1 aliphatic heterocycles. The number of ether oxygens (including phenoxy) is 2. The first-order chi connectivity index (χ1) is 13.7. The Morgan fingerprint density at radius 1 is 1.00 bits per heavy atom. The van der Waals surface area contributed by atoms with E-state index < -0.39 is 0 Å². The van der Waals surface area contributed by atoms with Gasteiger partial charge in [-0.2, -0.15) is 0 Å². The lowest BCUT2D eigenvalue weighted by Gasteiger charge is -2.09. The summed E-state index contributed by atoms with van der Waals surface area (Å²) >= 11 is 0. The summed E-state index contributed by atoms with van der Waals surface area (Å²) < 4.78 is 10.7. The summed E-state index contributed by atoms with van der Waals surface area (Å²) in [5, 5.41) is 6.13. The van der Waals surface area contributed by atoms with Gasteiger partial charge in [-0.05, 0) is 42.3 Å². The van der Waals surface area contributed by atoms with E-state index in [1.54, 1.807) is 12.3 Å². The number of aromatic nitrogens is 1. The number of anilines is 2. The van der Waals surface area contributed by atoms with Crippen LogP contribution in [0, 0.1) is 6.92 Å². The number of hydrogen-bond donors (Lipinski definition) is 2. The Hall–Kier alpha value is -3.54. The van der Waals surface area contributed by atoms with Gasteiger partial charge >= 0.3 is 0 Å². The molecule has 0 spiro atoms. The van der Waals surface area contributed by atoms with Crippen molar-refractivity contribution in [2.24, 2.45) is 0 Å². The first kappa shape index (κ1) is 17.9. The number of carbonyl (C=O) groups is 1. The van der Waals surface area contributed by atoms with Crippen LogP contribution in [0.25, 0.3) is 0 Å². The molecule has 1 aliphatic rings. The first-order valence-electron chi connectivity index (χ1n) is 9.09. The number of fused-ring (bicyclic) bond motifs is 1. The Labute approximate surface area is 163 Å². The van der Waals surface area contributed by atoms with Crippen molar-refractivity contribution in [3.05, 3.63) is 77.5 Å². The van der Waals surface area contributed by atoms with E-state index in [0.29, 0.717) is 18.8 Å². The van der Waals surface area contributed by atoms with Crippen LogP contribution in [0.3, 0.4) is 0 Å². The Bertz CT molecular complexity index is 969. The topological polar surface area (TPSA) is 72.5 Å². The van der Waals surface area contributed by atoms with Gasteiger partial charge < -0.3 is 20.1 Å². The Balaban J connectivity index is 1.29. The monoisotopic (exact) mass is 375 g/mol. The van der Waals surface area contributed by atoms with E-state index in [2.05, 4.69) is 15.6 Å². The van der Waals surface area contributed by atoms with Crippen molar-refractivity contribution in [1.29, 1.82) is 0 Å². The van der Waals surface area contributed by atoms with Crippen molar-refractivity contribution in [1.82, 2.24) is 4.98 Å². The second-order valence-corrected chi connectivity index (χ2v) is 6.68. The summed E-state index contributed by atoms with van der Waals surface area (Å²) in [6, 6.07) is 17.5. The van der Waals surface area contributed by atoms with Gasteiger partial charge in [-0.15, -0.1) is 0 Å². The quantitative estimate of drug-likeness (QED) is 0.683. The summed E-state index contributed by atoms with van der Waals surface area (Å²) in [4.78, 5) is 16.5. The smallest absolute Gasteiger partial charge is 0.231 e. The van der Waals surface area contributed by atoms with Gasteiger partial charge in [-0.1, -0.05) is 35.9 Å². The van der Waals surface area contributed by atoms with Crippen LogP contribution < -0.4 is 20.1 Å². The number of nitrogens with zero attached hydrogens (tertiary/aromatic N) is 1. The Morgan fingerprint density at radius 2 is 1.79 bits per heavy atom. The number of aryl methyl sites for hydroxylation is 1. The molecule has 0 radical (unpaired) electrons. The summed E-state index contributed by atoms with van der Waals surface area (Å²) in [6.45, 7) is 2.93. The standard InChI is InChI=1S/C22H21N3O3/c1-15-2-4-16(5-3-15)11-22(26)25-21-9-7-18(13-24-21)23-12-17-6-8-19-20(10-17)28-14-27-19/h2-10,13,23H,11-12,14H2,1H3,(H,24,25,26). The van der Waals surface area contributed by atoms with Crippen molar-refractivity contribution < 1.29 is 14.3 Å². The lowest BCUT2D eigenvalue weighted by atomic mass is 10.1. The highest BCUT2D eigenvalue weighted by molar-refractivity contribution is 5.91. The van der Waals surface area contributed by atoms with E-state index in [-0.39, 0.29) is 12.7 Å². The number of hydrogen-bond acceptors (Lipinski definition) is 5. The molecule has 2 aromatic carbocycles. The van der Waals surface area contributed by atoms with Crippen LogP contribution in [0.4, 0.5) is 11.5 Å². The molecule has 0 unspecified atom stereocenters. The lowest BCUT2D eigenvalue weighted by molar-refractivity contribution is -0.115. The number of nitrogens with one attached hydrogen (secondary N) is 2. The van der Waals surface area contributed by atoms with Crippen LogP contribution in [-0.2, 0) is 17.8 Å². The predicted octanol–water partition coefficient (Wildman–Crippen LogP) is 3.91. The number of amides is 1. The Kier molecular flexibility index (Phi) is 5.10. The van der Waals surface area contributed by atoms with Gasteiger partial charge in [0, 0.05) is 6.54 Å². The van der Waals surface area contributed by atoms with Gasteiger partial charge in [0.1, 0.15) is 5.82 Å². The van der Waals surface area contributed by atoms with E-state index in [9.17, 15) is 4.79 Å². The van der Waals surface area contributed by atoms with Gasteiger partial charge in [0.15, 0.2) is 11.5 Å². The minimum absolute atomic E-state index is 0.0857. The maximum Gasteiger partial charge on any atom is 0.231 e. The molecule has 0 bridgehead atoms. The largest absolute Gasteiger partial charge is 0.454 e. The molecule has 0 saturated carbocycles. The first-order valence-corrected chi connectivity index (χ1v) is 9.09. The lowest BCUT2D eigenvalue weighted by Crippen LogP contribution is -2.15. The number of benzene rings is 2. The molecule has 28 heavy (non-hydrogen) atoms. The zero-order valence-electron chi connectivity index (χ0n) is 15.6. The van der Waals surface area contributed by atoms with Gasteiger partial charge in [0.05, 0.1) is 18.3 Å². The average molecular weight is 375 g/mol. The summed E-state index contributed by atoms with van der Waals surface area (Å²) in [5.41, 5.74) is 4.11.